The predicted octanol–water partition coefficient (Wildman–Crippen LogP) is 4.61. The summed E-state index contributed by atoms with van der Waals surface area (Å²) in [5, 5.41) is 17.3. The van der Waals surface area contributed by atoms with E-state index in [1.165, 1.54) is 23.4 Å². The van der Waals surface area contributed by atoms with Crippen LogP contribution >= 0.6 is 11.6 Å². The average Bonchev–Trinajstić information content (AvgIpc) is 3.83. The topological polar surface area (TPSA) is 193 Å². The van der Waals surface area contributed by atoms with Crippen molar-refractivity contribution < 1.29 is 41.2 Å². The molecule has 332 valence electrons. The Balaban J connectivity index is 1.09. The van der Waals surface area contributed by atoms with Crippen molar-refractivity contribution in [2.45, 2.75) is 56.9 Å². The number of aryl methyl sites for hydroxylation is 1. The van der Waals surface area contributed by atoms with Crippen LogP contribution in [0.15, 0.2) is 57.9 Å². The Morgan fingerprint density at radius 1 is 1.11 bits per heavy atom. The highest BCUT2D eigenvalue weighted by Gasteiger charge is 2.70. The summed E-state index contributed by atoms with van der Waals surface area (Å²) in [4.78, 5) is 58.3. The van der Waals surface area contributed by atoms with Gasteiger partial charge in [-0.2, -0.15) is 22.7 Å². The number of aromatic hydroxyl groups is 1. The van der Waals surface area contributed by atoms with Gasteiger partial charge in [-0.3, -0.25) is 14.4 Å². The zero-order chi connectivity index (χ0) is 44.9. The van der Waals surface area contributed by atoms with Gasteiger partial charge >= 0.3 is 6.18 Å². The van der Waals surface area contributed by atoms with Crippen LogP contribution in [0.3, 0.4) is 0 Å². The van der Waals surface area contributed by atoms with Crippen LogP contribution in [-0.2, 0) is 37.8 Å². The lowest BCUT2D eigenvalue weighted by Crippen LogP contribution is -2.56. The summed E-state index contributed by atoms with van der Waals surface area (Å²) < 4.78 is 84.8. The van der Waals surface area contributed by atoms with Gasteiger partial charge < -0.3 is 29.5 Å². The van der Waals surface area contributed by atoms with Gasteiger partial charge in [0.05, 0.1) is 45.9 Å². The van der Waals surface area contributed by atoms with Crippen molar-refractivity contribution in [2.24, 2.45) is 10.3 Å². The van der Waals surface area contributed by atoms with Gasteiger partial charge in [0.25, 0.3) is 11.5 Å². The van der Waals surface area contributed by atoms with Crippen molar-refractivity contribution in [1.29, 1.82) is 0 Å². The minimum atomic E-state index is -4.68. The zero-order valence-corrected chi connectivity index (χ0v) is 35.7. The number of alkyl halides is 4. The van der Waals surface area contributed by atoms with E-state index in [0.717, 1.165) is 28.7 Å². The summed E-state index contributed by atoms with van der Waals surface area (Å²) in [6.07, 6.45) is -4.68. The first-order chi connectivity index (χ1) is 29.8. The molecule has 1 spiro atoms. The highest BCUT2D eigenvalue weighted by atomic mass is 35.5. The second kappa shape index (κ2) is 15.2. The Morgan fingerprint density at radius 3 is 2.49 bits per heavy atom. The van der Waals surface area contributed by atoms with Gasteiger partial charge in [-0.1, -0.05) is 11.6 Å². The standard InChI is InChI=1S/C40H40ClF4N11O6S/c1-20-34(58)32(48-19-47-20)37(60)54-17-29(42)39(25-16-28(25)54)31-33(21(2)62-39)55(18-30(57)49-27-10-7-23(15-26(27)41)40(43,44)45)38-50-35(51-56(38)36(31)59)22-5-8-24(9-6-22)52-11-13-53(14-12-52)63(4,61)46-3/h5-10,15,19,21,25,28-29,58H,11-14,16-18H2,1-4H3,(H,49,57)/t21-,25-,28+,29+,39+,63?/m1/s1. The quantitative estimate of drug-likeness (QED) is 0.217. The fourth-order valence-corrected chi connectivity index (χ4v) is 10.4. The number of amides is 2. The van der Waals surface area contributed by atoms with Crippen LogP contribution in [0.2, 0.25) is 5.02 Å². The first-order valence-electron chi connectivity index (χ1n) is 19.9. The number of halogens is 5. The molecule has 3 aliphatic heterocycles. The summed E-state index contributed by atoms with van der Waals surface area (Å²) in [5.41, 5.74) is -2.45. The molecular weight excluding hydrogens is 874 g/mol. The molecule has 2 N–H and O–H groups in total. The molecule has 1 saturated carbocycles. The Bertz CT molecular complexity index is 2890. The van der Waals surface area contributed by atoms with Crippen LogP contribution < -0.4 is 15.8 Å². The van der Waals surface area contributed by atoms with Crippen molar-refractivity contribution in [3.05, 3.63) is 92.4 Å². The highest BCUT2D eigenvalue weighted by molar-refractivity contribution is 7.90. The third-order valence-electron chi connectivity index (χ3n) is 12.4. The van der Waals surface area contributed by atoms with Gasteiger partial charge in [-0.15, -0.1) is 5.10 Å². The largest absolute Gasteiger partial charge is 0.504 e. The first-order valence-corrected chi connectivity index (χ1v) is 22.1. The minimum absolute atomic E-state index is 0.0930. The number of aromatic nitrogens is 6. The molecule has 2 aromatic carbocycles. The highest BCUT2D eigenvalue weighted by Crippen LogP contribution is 2.61. The smallest absolute Gasteiger partial charge is 0.416 e. The number of nitrogens with one attached hydrogen (secondary N) is 1. The first kappa shape index (κ1) is 42.6. The molecule has 0 bridgehead atoms. The molecule has 2 amide bonds. The molecule has 3 fully saturated rings. The van der Waals surface area contributed by atoms with Crippen LogP contribution in [0.1, 0.15) is 52.5 Å². The van der Waals surface area contributed by atoms with E-state index in [2.05, 4.69) is 29.6 Å². The zero-order valence-electron chi connectivity index (χ0n) is 34.1. The molecule has 6 heterocycles. The van der Waals surface area contributed by atoms with E-state index in [1.807, 2.05) is 16.4 Å². The fourth-order valence-electron chi connectivity index (χ4n) is 9.06. The molecule has 63 heavy (non-hydrogen) atoms. The van der Waals surface area contributed by atoms with Crippen molar-refractivity contribution in [1.82, 2.24) is 38.3 Å². The number of hydrogen-bond acceptors (Lipinski definition) is 12. The van der Waals surface area contributed by atoms with E-state index in [-0.39, 0.29) is 51.4 Å². The molecule has 23 heteroatoms. The lowest BCUT2D eigenvalue weighted by Gasteiger charge is -2.41. The molecule has 6 atom stereocenters. The van der Waals surface area contributed by atoms with Crippen molar-refractivity contribution in [2.75, 3.05) is 56.2 Å². The minimum Gasteiger partial charge on any atom is -0.504 e. The summed E-state index contributed by atoms with van der Waals surface area (Å²) in [6.45, 7) is 4.29. The van der Waals surface area contributed by atoms with E-state index >= 15 is 4.39 Å². The number of piperazine rings is 1. The van der Waals surface area contributed by atoms with Crippen LogP contribution in [0.4, 0.5) is 28.9 Å². The van der Waals surface area contributed by atoms with E-state index in [9.17, 15) is 36.9 Å². The maximum absolute atomic E-state index is 17.2. The number of benzene rings is 2. The third-order valence-corrected chi connectivity index (χ3v) is 14.7. The Morgan fingerprint density at radius 2 is 1.83 bits per heavy atom. The second-order valence-electron chi connectivity index (χ2n) is 16.0. The third kappa shape index (κ3) is 7.06. The average molecular weight is 914 g/mol. The Labute approximate surface area is 362 Å². The van der Waals surface area contributed by atoms with Gasteiger partial charge in [0, 0.05) is 62.7 Å². The summed E-state index contributed by atoms with van der Waals surface area (Å²) in [5.74, 6) is -2.63. The van der Waals surface area contributed by atoms with Crippen LogP contribution in [0.5, 0.6) is 5.75 Å². The Hall–Kier alpha value is -5.71. The van der Waals surface area contributed by atoms with E-state index in [1.54, 1.807) is 25.3 Å². The number of hydrogen-bond donors (Lipinski definition) is 2. The molecule has 5 aromatic rings. The van der Waals surface area contributed by atoms with Gasteiger partial charge in [-0.25, -0.2) is 27.2 Å². The molecule has 17 nitrogen and oxygen atoms in total. The number of piperidine rings is 1. The summed E-state index contributed by atoms with van der Waals surface area (Å²) >= 11 is 6.18. The Kier molecular flexibility index (Phi) is 10.3. The molecule has 0 radical (unpaired) electrons. The maximum atomic E-state index is 17.2. The number of carbonyl (C=O) groups is 2. The van der Waals surface area contributed by atoms with E-state index < -0.39 is 87.7 Å². The number of fused-ring (bicyclic) bond motifs is 5. The summed E-state index contributed by atoms with van der Waals surface area (Å²) in [6, 6.07) is 9.14. The fraction of sp³-hybridized carbons (Fsp3) is 0.425. The lowest BCUT2D eigenvalue weighted by molar-refractivity contribution is -0.152. The van der Waals surface area contributed by atoms with E-state index in [0.29, 0.717) is 37.8 Å². The van der Waals surface area contributed by atoms with Crippen LogP contribution in [0.25, 0.3) is 17.2 Å². The van der Waals surface area contributed by atoms with Gasteiger partial charge in [-0.05, 0) is 62.7 Å². The van der Waals surface area contributed by atoms with Crippen LogP contribution in [0, 0.1) is 12.8 Å². The lowest BCUT2D eigenvalue weighted by atomic mass is 9.82. The number of anilines is 2. The molecule has 1 unspecified atom stereocenters. The number of carbonyl (C=O) groups excluding carboxylic acids is 2. The maximum Gasteiger partial charge on any atom is 0.416 e. The number of ether oxygens (including phenoxy) is 1. The summed E-state index contributed by atoms with van der Waals surface area (Å²) in [7, 11) is -0.913. The van der Waals surface area contributed by atoms with Gasteiger partial charge in [0.2, 0.25) is 11.7 Å². The van der Waals surface area contributed by atoms with Crippen molar-refractivity contribution >= 4 is 50.5 Å². The monoisotopic (exact) mass is 913 g/mol. The van der Waals surface area contributed by atoms with Crippen molar-refractivity contribution in [3.63, 3.8) is 0 Å². The molecule has 9 rings (SSSR count). The number of likely N-dealkylation sites (tertiary alicyclic amines) is 1. The SMILES string of the molecule is CN=S(C)(=O)N1CCN(c2ccc(-c3nc4n(CC(=O)Nc5ccc(C(F)(F)F)cc5Cl)c5c(c(=O)n4n3)[C@]3(O[C@@H]5C)[C@@H]4C[C@@H]4N(C(=O)c4ncnc(C)c4O)C[C@@H]3F)cc2)CC1. The van der Waals surface area contributed by atoms with Crippen molar-refractivity contribution in [3.8, 4) is 17.1 Å². The molecule has 1 aliphatic carbocycles. The van der Waals surface area contributed by atoms with E-state index in [4.69, 9.17) is 21.3 Å². The molecular formula is C40H40ClF4N11O6S. The molecule has 2 saturated heterocycles. The molecule has 3 aromatic heterocycles. The van der Waals surface area contributed by atoms with Gasteiger partial charge in [0.15, 0.2) is 23.4 Å². The number of rotatable bonds is 7. The van der Waals surface area contributed by atoms with Crippen LogP contribution in [-0.4, -0.2) is 118 Å². The van der Waals surface area contributed by atoms with Gasteiger partial charge in [0.1, 0.15) is 28.4 Å². The molecule has 4 aliphatic rings. The second-order valence-corrected chi connectivity index (χ2v) is 18.8. The normalized spacial score (nSPS) is 24.3. The predicted molar refractivity (Wildman–Crippen MR) is 221 cm³/mol. The number of nitrogens with zero attached hydrogens (tertiary/aromatic N) is 10.